The van der Waals surface area contributed by atoms with E-state index in [1.807, 2.05) is 45.0 Å². The van der Waals surface area contributed by atoms with Gasteiger partial charge in [0, 0.05) is 16.1 Å². The summed E-state index contributed by atoms with van der Waals surface area (Å²) >= 11 is 13.9. The highest BCUT2D eigenvalue weighted by Crippen LogP contribution is 2.36. The normalized spacial score (nSPS) is 15.4. The maximum Gasteiger partial charge on any atom is 0.338 e. The van der Waals surface area contributed by atoms with Crippen LogP contribution >= 0.6 is 34.5 Å². The summed E-state index contributed by atoms with van der Waals surface area (Å²) in [6.07, 6.45) is 1.57. The van der Waals surface area contributed by atoms with Gasteiger partial charge in [-0.05, 0) is 58.9 Å². The molecule has 2 heterocycles. The first-order chi connectivity index (χ1) is 18.2. The zero-order valence-corrected chi connectivity index (χ0v) is 24.0. The first kappa shape index (κ1) is 28.0. The third-order valence-corrected chi connectivity index (χ3v) is 7.19. The van der Waals surface area contributed by atoms with Crippen LogP contribution < -0.4 is 24.4 Å². The molecular formula is C28H28Cl2N2O5S. The fourth-order valence-corrected chi connectivity index (χ4v) is 5.88. The SMILES string of the molecule is CCOC(=O)C1=C(C)N=c2s/c(=C\c3cc(Cl)cc(Cl)c3OCC)c(=O)n2[C@H]1c1ccccc1OC(C)C. The molecule has 1 aromatic heterocycles. The standard InChI is InChI=1S/C28H28Cl2N2O5S/c1-6-35-25-17(12-18(29)14-20(25)30)13-22-26(33)32-24(19-10-8-9-11-21(19)37-15(3)4)23(27(34)36-7-2)16(5)31-28(32)38-22/h8-15,24H,6-7H2,1-5H3/b22-13-/t24-/m0/s1. The smallest absolute Gasteiger partial charge is 0.338 e. The molecule has 1 aliphatic rings. The number of para-hydroxylation sites is 1. The Morgan fingerprint density at radius 3 is 2.61 bits per heavy atom. The largest absolute Gasteiger partial charge is 0.492 e. The maximum absolute atomic E-state index is 14.0. The van der Waals surface area contributed by atoms with Gasteiger partial charge in [-0.2, -0.15) is 0 Å². The second-order valence-electron chi connectivity index (χ2n) is 8.75. The van der Waals surface area contributed by atoms with E-state index >= 15 is 0 Å². The van der Waals surface area contributed by atoms with Crippen molar-refractivity contribution in [3.63, 3.8) is 0 Å². The van der Waals surface area contributed by atoms with E-state index in [0.717, 1.165) is 0 Å². The lowest BCUT2D eigenvalue weighted by molar-refractivity contribution is -0.139. The average molecular weight is 576 g/mol. The number of carbonyl (C=O) groups excluding carboxylic acids is 1. The molecule has 0 bridgehead atoms. The number of nitrogens with zero attached hydrogens (tertiary/aromatic N) is 2. The third kappa shape index (κ3) is 5.53. The lowest BCUT2D eigenvalue weighted by Crippen LogP contribution is -2.40. The highest BCUT2D eigenvalue weighted by Gasteiger charge is 2.35. The number of esters is 1. The Bertz CT molecular complexity index is 1590. The van der Waals surface area contributed by atoms with Crippen LogP contribution in [-0.4, -0.2) is 29.9 Å². The Kier molecular flexibility index (Phi) is 8.65. The summed E-state index contributed by atoms with van der Waals surface area (Å²) in [4.78, 5) is 32.2. The van der Waals surface area contributed by atoms with E-state index in [1.165, 1.54) is 15.9 Å². The molecule has 0 unspecified atom stereocenters. The Labute approximate surface area is 234 Å². The minimum absolute atomic E-state index is 0.118. The van der Waals surface area contributed by atoms with E-state index in [2.05, 4.69) is 4.99 Å². The summed E-state index contributed by atoms with van der Waals surface area (Å²) in [7, 11) is 0. The quantitative estimate of drug-likeness (QED) is 0.341. The van der Waals surface area contributed by atoms with Gasteiger partial charge in [0.05, 0.1) is 40.1 Å². The predicted octanol–water partition coefficient (Wildman–Crippen LogP) is 5.29. The van der Waals surface area contributed by atoms with E-state index in [9.17, 15) is 9.59 Å². The summed E-state index contributed by atoms with van der Waals surface area (Å²) in [5.41, 5.74) is 1.65. The number of hydrogen-bond donors (Lipinski definition) is 0. The first-order valence-corrected chi connectivity index (χ1v) is 13.8. The second kappa shape index (κ2) is 11.8. The van der Waals surface area contributed by atoms with Crippen LogP contribution in [0.1, 0.15) is 51.8 Å². The van der Waals surface area contributed by atoms with Crippen LogP contribution in [0, 0.1) is 0 Å². The average Bonchev–Trinajstić information content (AvgIpc) is 3.15. The fourth-order valence-electron chi connectivity index (χ4n) is 4.28. The van der Waals surface area contributed by atoms with E-state index < -0.39 is 12.0 Å². The summed E-state index contributed by atoms with van der Waals surface area (Å²) in [5, 5.41) is 0.756. The Balaban J connectivity index is 2.01. The number of thiazole rings is 1. The van der Waals surface area contributed by atoms with Crippen molar-refractivity contribution in [3.8, 4) is 11.5 Å². The summed E-state index contributed by atoms with van der Waals surface area (Å²) < 4.78 is 19.1. The lowest BCUT2D eigenvalue weighted by atomic mass is 9.95. The molecule has 200 valence electrons. The Hall–Kier alpha value is -3.07. The van der Waals surface area contributed by atoms with Crippen LogP contribution in [0.3, 0.4) is 0 Å². The molecule has 4 rings (SSSR count). The van der Waals surface area contributed by atoms with Crippen molar-refractivity contribution in [1.82, 2.24) is 4.57 Å². The molecule has 0 amide bonds. The van der Waals surface area contributed by atoms with Gasteiger partial charge in [0.2, 0.25) is 0 Å². The molecule has 0 radical (unpaired) electrons. The van der Waals surface area contributed by atoms with Gasteiger partial charge >= 0.3 is 5.97 Å². The number of benzene rings is 2. The molecule has 1 aliphatic heterocycles. The van der Waals surface area contributed by atoms with E-state index in [1.54, 1.807) is 32.1 Å². The van der Waals surface area contributed by atoms with Crippen molar-refractivity contribution in [2.24, 2.45) is 4.99 Å². The van der Waals surface area contributed by atoms with Crippen LogP contribution in [0.4, 0.5) is 0 Å². The van der Waals surface area contributed by atoms with Gasteiger partial charge in [0.15, 0.2) is 4.80 Å². The van der Waals surface area contributed by atoms with Crippen molar-refractivity contribution in [2.45, 2.75) is 46.8 Å². The monoisotopic (exact) mass is 574 g/mol. The molecule has 3 aromatic rings. The summed E-state index contributed by atoms with van der Waals surface area (Å²) in [5.74, 6) is 0.464. The van der Waals surface area contributed by atoms with Gasteiger partial charge in [-0.25, -0.2) is 9.79 Å². The maximum atomic E-state index is 14.0. The van der Waals surface area contributed by atoms with Gasteiger partial charge in [0.1, 0.15) is 17.5 Å². The van der Waals surface area contributed by atoms with Gasteiger partial charge in [-0.3, -0.25) is 9.36 Å². The van der Waals surface area contributed by atoms with Crippen molar-refractivity contribution in [1.29, 1.82) is 0 Å². The molecule has 0 spiro atoms. The molecule has 0 N–H and O–H groups in total. The molecule has 2 aromatic carbocycles. The molecule has 7 nitrogen and oxygen atoms in total. The molecular weight excluding hydrogens is 547 g/mol. The number of carbonyl (C=O) groups is 1. The number of aromatic nitrogens is 1. The van der Waals surface area contributed by atoms with Crippen LogP contribution in [-0.2, 0) is 9.53 Å². The third-order valence-electron chi connectivity index (χ3n) is 5.71. The number of allylic oxidation sites excluding steroid dienone is 1. The van der Waals surface area contributed by atoms with Gasteiger partial charge in [0.25, 0.3) is 5.56 Å². The summed E-state index contributed by atoms with van der Waals surface area (Å²) in [6, 6.07) is 9.86. The van der Waals surface area contributed by atoms with Gasteiger partial charge in [-0.1, -0.05) is 52.7 Å². The summed E-state index contributed by atoms with van der Waals surface area (Å²) in [6.45, 7) is 9.74. The predicted molar refractivity (Wildman–Crippen MR) is 150 cm³/mol. The molecule has 38 heavy (non-hydrogen) atoms. The van der Waals surface area contributed by atoms with Crippen molar-refractivity contribution in [2.75, 3.05) is 13.2 Å². The fraction of sp³-hybridized carbons (Fsp3) is 0.321. The van der Waals surface area contributed by atoms with Crippen molar-refractivity contribution in [3.05, 3.63) is 88.5 Å². The molecule has 0 saturated heterocycles. The van der Waals surface area contributed by atoms with E-state index in [0.29, 0.717) is 54.3 Å². The topological polar surface area (TPSA) is 79.1 Å². The Morgan fingerprint density at radius 2 is 1.92 bits per heavy atom. The van der Waals surface area contributed by atoms with Crippen molar-refractivity contribution < 1.29 is 19.0 Å². The second-order valence-corrected chi connectivity index (χ2v) is 10.6. The van der Waals surface area contributed by atoms with Crippen LogP contribution in [0.15, 0.2) is 57.5 Å². The molecule has 0 fully saturated rings. The zero-order valence-electron chi connectivity index (χ0n) is 21.7. The zero-order chi connectivity index (χ0) is 27.6. The van der Waals surface area contributed by atoms with Crippen LogP contribution in [0.25, 0.3) is 6.08 Å². The number of ether oxygens (including phenoxy) is 3. The van der Waals surface area contributed by atoms with Gasteiger partial charge < -0.3 is 14.2 Å². The lowest BCUT2D eigenvalue weighted by Gasteiger charge is -2.26. The van der Waals surface area contributed by atoms with Crippen molar-refractivity contribution >= 4 is 46.6 Å². The minimum Gasteiger partial charge on any atom is -0.492 e. The van der Waals surface area contributed by atoms with Crippen LogP contribution in [0.5, 0.6) is 11.5 Å². The number of fused-ring (bicyclic) bond motifs is 1. The first-order valence-electron chi connectivity index (χ1n) is 12.2. The van der Waals surface area contributed by atoms with Crippen LogP contribution in [0.2, 0.25) is 10.0 Å². The minimum atomic E-state index is -0.795. The van der Waals surface area contributed by atoms with E-state index in [-0.39, 0.29) is 23.8 Å². The van der Waals surface area contributed by atoms with E-state index in [4.69, 9.17) is 37.4 Å². The number of halogens is 2. The molecule has 1 atom stereocenters. The number of hydrogen-bond acceptors (Lipinski definition) is 7. The number of rotatable bonds is 8. The Morgan fingerprint density at radius 1 is 1.18 bits per heavy atom. The molecule has 10 heteroatoms. The highest BCUT2D eigenvalue weighted by molar-refractivity contribution is 7.07. The van der Waals surface area contributed by atoms with Gasteiger partial charge in [-0.15, -0.1) is 0 Å². The molecule has 0 saturated carbocycles. The molecule has 0 aliphatic carbocycles. The highest BCUT2D eigenvalue weighted by atomic mass is 35.5.